The van der Waals surface area contributed by atoms with Gasteiger partial charge >= 0.3 is 5.97 Å². The number of hydrogen-bond donors (Lipinski definition) is 2. The molecule has 4 atom stereocenters. The van der Waals surface area contributed by atoms with Gasteiger partial charge in [-0.15, -0.1) is 0 Å². The van der Waals surface area contributed by atoms with Crippen LogP contribution < -0.4 is 10.6 Å². The molecule has 1 saturated carbocycles. The summed E-state index contributed by atoms with van der Waals surface area (Å²) in [6.07, 6.45) is 9.29. The number of benzene rings is 1. The minimum atomic E-state index is -0.374. The second-order valence-electron chi connectivity index (χ2n) is 10.6. The summed E-state index contributed by atoms with van der Waals surface area (Å²) >= 11 is 3.66. The van der Waals surface area contributed by atoms with E-state index in [0.717, 1.165) is 68.2 Å². The lowest BCUT2D eigenvalue weighted by molar-refractivity contribution is -0.204. The Bertz CT molecular complexity index is 873. The van der Waals surface area contributed by atoms with Gasteiger partial charge in [0.1, 0.15) is 12.1 Å². The van der Waals surface area contributed by atoms with Gasteiger partial charge in [0.25, 0.3) is 0 Å². The minimum Gasteiger partial charge on any atom is -0.460 e. The number of esters is 1. The molecule has 194 valence electrons. The maximum Gasteiger partial charge on any atom is 0.309 e. The molecule has 35 heavy (non-hydrogen) atoms. The highest BCUT2D eigenvalue weighted by Gasteiger charge is 2.60. The van der Waals surface area contributed by atoms with Crippen molar-refractivity contribution < 1.29 is 14.3 Å². The third-order valence-corrected chi connectivity index (χ3v) is 9.24. The molecular weight excluding hydrogens is 506 g/mol. The monoisotopic (exact) mass is 547 g/mol. The number of ether oxygens (including phenoxy) is 1. The maximum absolute atomic E-state index is 13.4. The van der Waals surface area contributed by atoms with E-state index in [0.29, 0.717) is 6.54 Å². The van der Waals surface area contributed by atoms with E-state index < -0.39 is 0 Å². The number of halogens is 1. The zero-order chi connectivity index (χ0) is 24.8. The van der Waals surface area contributed by atoms with Gasteiger partial charge in [0.05, 0.1) is 5.92 Å². The van der Waals surface area contributed by atoms with Crippen molar-refractivity contribution in [2.45, 2.75) is 89.8 Å². The first-order valence-electron chi connectivity index (χ1n) is 13.7. The van der Waals surface area contributed by atoms with Crippen LogP contribution in [0.3, 0.4) is 0 Å². The third kappa shape index (κ3) is 5.78. The van der Waals surface area contributed by atoms with Crippen LogP contribution in [0.15, 0.2) is 28.7 Å². The zero-order valence-electron chi connectivity index (χ0n) is 21.4. The molecule has 0 bridgehead atoms. The molecule has 3 fully saturated rings. The summed E-state index contributed by atoms with van der Waals surface area (Å²) in [5.74, 6) is -0.0343. The quantitative estimate of drug-likeness (QED) is 0.319. The number of amides is 1. The van der Waals surface area contributed by atoms with E-state index in [2.05, 4.69) is 45.3 Å². The van der Waals surface area contributed by atoms with Crippen LogP contribution in [-0.4, -0.2) is 55.1 Å². The third-order valence-electron chi connectivity index (χ3n) is 8.52. The van der Waals surface area contributed by atoms with E-state index >= 15 is 0 Å². The highest BCUT2D eigenvalue weighted by molar-refractivity contribution is 9.10. The molecular formula is C28H42BrN3O3. The van der Waals surface area contributed by atoms with Crippen molar-refractivity contribution in [3.63, 3.8) is 0 Å². The number of piperazine rings is 1. The molecule has 4 rings (SSSR count). The second kappa shape index (κ2) is 12.2. The van der Waals surface area contributed by atoms with Crippen LogP contribution in [0.4, 0.5) is 0 Å². The molecule has 1 amide bonds. The maximum atomic E-state index is 13.4. The topological polar surface area (TPSA) is 70.7 Å². The average Bonchev–Trinajstić information content (AvgIpc) is 2.87. The lowest BCUT2D eigenvalue weighted by atomic mass is 9.57. The van der Waals surface area contributed by atoms with E-state index in [1.807, 2.05) is 24.3 Å². The summed E-state index contributed by atoms with van der Waals surface area (Å²) in [4.78, 5) is 28.9. The molecule has 1 aliphatic carbocycles. The lowest BCUT2D eigenvalue weighted by Gasteiger charge is -2.60. The smallest absolute Gasteiger partial charge is 0.309 e. The lowest BCUT2D eigenvalue weighted by Crippen LogP contribution is -2.69. The number of nitrogens with one attached hydrogen (secondary N) is 2. The Kier molecular flexibility index (Phi) is 9.28. The van der Waals surface area contributed by atoms with E-state index in [1.165, 1.54) is 19.3 Å². The van der Waals surface area contributed by atoms with Crippen LogP contribution in [0.5, 0.6) is 0 Å². The summed E-state index contributed by atoms with van der Waals surface area (Å²) in [5.41, 5.74) is 1.00. The minimum absolute atomic E-state index is 0.0263. The second-order valence-corrected chi connectivity index (χ2v) is 11.5. The molecule has 2 saturated heterocycles. The van der Waals surface area contributed by atoms with Crippen molar-refractivity contribution in [3.8, 4) is 0 Å². The molecule has 1 aromatic rings. The van der Waals surface area contributed by atoms with E-state index in [-0.39, 0.29) is 41.4 Å². The van der Waals surface area contributed by atoms with Crippen molar-refractivity contribution >= 4 is 27.8 Å². The Balaban J connectivity index is 1.54. The van der Waals surface area contributed by atoms with Crippen molar-refractivity contribution in [3.05, 3.63) is 34.3 Å². The number of unbranched alkanes of at least 4 members (excludes halogenated alkanes) is 3. The summed E-state index contributed by atoms with van der Waals surface area (Å²) in [6, 6.07) is 7.67. The van der Waals surface area contributed by atoms with Gasteiger partial charge in [-0.25, -0.2) is 0 Å². The number of carbonyl (C=O) groups is 2. The highest BCUT2D eigenvalue weighted by Crippen LogP contribution is 2.53. The van der Waals surface area contributed by atoms with Gasteiger partial charge in [0, 0.05) is 29.0 Å². The largest absolute Gasteiger partial charge is 0.460 e. The zero-order valence-corrected chi connectivity index (χ0v) is 22.9. The Morgan fingerprint density at radius 2 is 1.94 bits per heavy atom. The van der Waals surface area contributed by atoms with Gasteiger partial charge in [-0.05, 0) is 56.8 Å². The summed E-state index contributed by atoms with van der Waals surface area (Å²) in [5, 5.41) is 6.53. The van der Waals surface area contributed by atoms with Crippen LogP contribution in [0, 0.1) is 11.3 Å². The highest BCUT2D eigenvalue weighted by atomic mass is 79.9. The molecule has 1 spiro atoms. The van der Waals surface area contributed by atoms with E-state index in [4.69, 9.17) is 4.74 Å². The molecule has 4 unspecified atom stereocenters. The van der Waals surface area contributed by atoms with Gasteiger partial charge in [-0.2, -0.15) is 0 Å². The van der Waals surface area contributed by atoms with Crippen LogP contribution >= 0.6 is 15.9 Å². The fourth-order valence-corrected chi connectivity index (χ4v) is 6.88. The van der Waals surface area contributed by atoms with Crippen LogP contribution in [-0.2, 0) is 14.3 Å². The van der Waals surface area contributed by atoms with Crippen molar-refractivity contribution in [2.75, 3.05) is 26.2 Å². The number of rotatable bonds is 10. The van der Waals surface area contributed by atoms with Gasteiger partial charge < -0.3 is 15.4 Å². The van der Waals surface area contributed by atoms with E-state index in [1.54, 1.807) is 0 Å². The van der Waals surface area contributed by atoms with Crippen molar-refractivity contribution in [1.82, 2.24) is 15.5 Å². The van der Waals surface area contributed by atoms with Gasteiger partial charge in [-0.1, -0.05) is 73.7 Å². The molecule has 2 aliphatic heterocycles. The standard InChI is InChI=1S/C28H42BrN3O3/c1-3-5-6-7-10-20(4-2)27(34)35-25-23(19-28(25)13-15-30-16-14-28)32-18-17-31-26(33)24(32)21-11-8-9-12-22(21)29/h8-9,11-12,20,23-25,30H,3-7,10,13-19H2,1-2H3,(H,31,33). The Morgan fingerprint density at radius 1 is 1.17 bits per heavy atom. The number of carbonyl (C=O) groups excluding carboxylic acids is 2. The SMILES string of the molecule is CCCCCCC(CC)C(=O)OC1C(N2CCNC(=O)C2c2ccccc2Br)CC12CCNCC2. The average molecular weight is 549 g/mol. The first-order chi connectivity index (χ1) is 17.0. The van der Waals surface area contributed by atoms with Gasteiger partial charge in [-0.3, -0.25) is 14.5 Å². The Hall–Kier alpha value is -1.44. The molecule has 2 heterocycles. The normalized spacial score (nSPS) is 27.2. The number of piperidine rings is 1. The molecule has 0 aromatic heterocycles. The number of nitrogens with zero attached hydrogens (tertiary/aromatic N) is 1. The summed E-state index contributed by atoms with van der Waals surface area (Å²) < 4.78 is 7.39. The van der Waals surface area contributed by atoms with E-state index in [9.17, 15) is 9.59 Å². The molecule has 7 heteroatoms. The first-order valence-corrected chi connectivity index (χ1v) is 14.5. The van der Waals surface area contributed by atoms with Crippen LogP contribution in [0.1, 0.15) is 83.2 Å². The predicted octanol–water partition coefficient (Wildman–Crippen LogP) is 4.97. The summed E-state index contributed by atoms with van der Waals surface area (Å²) in [6.45, 7) is 7.62. The van der Waals surface area contributed by atoms with Gasteiger partial charge in [0.15, 0.2) is 0 Å². The molecule has 6 nitrogen and oxygen atoms in total. The molecule has 3 aliphatic rings. The van der Waals surface area contributed by atoms with Gasteiger partial charge in [0.2, 0.25) is 5.91 Å². The van der Waals surface area contributed by atoms with Crippen LogP contribution in [0.25, 0.3) is 0 Å². The number of hydrogen-bond acceptors (Lipinski definition) is 5. The van der Waals surface area contributed by atoms with Crippen molar-refractivity contribution in [2.24, 2.45) is 11.3 Å². The van der Waals surface area contributed by atoms with Crippen molar-refractivity contribution in [1.29, 1.82) is 0 Å². The fourth-order valence-electron chi connectivity index (χ4n) is 6.38. The molecule has 0 radical (unpaired) electrons. The first kappa shape index (κ1) is 26.6. The Morgan fingerprint density at radius 3 is 2.66 bits per heavy atom. The molecule has 1 aromatic carbocycles. The van der Waals surface area contributed by atoms with Crippen LogP contribution in [0.2, 0.25) is 0 Å². The predicted molar refractivity (Wildman–Crippen MR) is 142 cm³/mol. The summed E-state index contributed by atoms with van der Waals surface area (Å²) in [7, 11) is 0. The Labute approximate surface area is 219 Å². The fraction of sp³-hybridized carbons (Fsp3) is 0.714. The molecule has 2 N–H and O–H groups in total.